The summed E-state index contributed by atoms with van der Waals surface area (Å²) in [6.07, 6.45) is 1.86. The van der Waals surface area contributed by atoms with Gasteiger partial charge >= 0.3 is 0 Å². The Hall–Kier alpha value is -3.36. The lowest BCUT2D eigenvalue weighted by molar-refractivity contribution is 0.0814. The van der Waals surface area contributed by atoms with E-state index in [1.165, 1.54) is 0 Å². The molecule has 2 aromatic carbocycles. The number of aromatic nitrogens is 3. The zero-order valence-corrected chi connectivity index (χ0v) is 22.3. The fourth-order valence-corrected chi connectivity index (χ4v) is 4.57. The van der Waals surface area contributed by atoms with E-state index in [-0.39, 0.29) is 0 Å². The molecule has 0 aliphatic heterocycles. The number of hydrogen-bond acceptors (Lipinski definition) is 6. The Kier molecular flexibility index (Phi) is 7.42. The number of methoxy groups -OCH3 is 3. The van der Waals surface area contributed by atoms with Gasteiger partial charge in [0.1, 0.15) is 18.2 Å². The standard InChI is InChI=1S/C27H33N3O4Si/c1-31-22-10-7-19(8-11-22)26-23-15-21(20-9-12-24(32-2)25(16-20)33-3)17-28-27(23)30(29-26)18-34-13-14-35(4,5)6/h7-12,15-17H,13-14,18H2,1-6H3. The van der Waals surface area contributed by atoms with Crippen molar-refractivity contribution in [3.05, 3.63) is 54.7 Å². The van der Waals surface area contributed by atoms with Crippen molar-refractivity contribution in [3.8, 4) is 39.6 Å². The molecule has 35 heavy (non-hydrogen) atoms. The molecule has 0 aliphatic carbocycles. The molecule has 0 aliphatic rings. The second-order valence-electron chi connectivity index (χ2n) is 9.59. The summed E-state index contributed by atoms with van der Waals surface area (Å²) in [5.74, 6) is 2.16. The molecule has 0 N–H and O–H groups in total. The molecule has 2 aromatic heterocycles. The highest BCUT2D eigenvalue weighted by molar-refractivity contribution is 6.76. The highest BCUT2D eigenvalue weighted by Crippen LogP contribution is 2.35. The van der Waals surface area contributed by atoms with Gasteiger partial charge in [-0.3, -0.25) is 0 Å². The van der Waals surface area contributed by atoms with Crippen LogP contribution in [0.3, 0.4) is 0 Å². The predicted octanol–water partition coefficient (Wildman–Crippen LogP) is 6.10. The maximum atomic E-state index is 6.01. The van der Waals surface area contributed by atoms with Gasteiger partial charge in [0.25, 0.3) is 0 Å². The summed E-state index contributed by atoms with van der Waals surface area (Å²) in [5, 5.41) is 5.85. The molecule has 0 spiro atoms. The fourth-order valence-electron chi connectivity index (χ4n) is 3.81. The highest BCUT2D eigenvalue weighted by atomic mass is 28.3. The number of pyridine rings is 1. The SMILES string of the molecule is COc1ccc(-c2nn(COCC[Si](C)(C)C)c3ncc(-c4ccc(OC)c(OC)c4)cc23)cc1. The molecule has 0 radical (unpaired) electrons. The maximum Gasteiger partial charge on any atom is 0.161 e. The lowest BCUT2D eigenvalue weighted by Gasteiger charge is -2.15. The number of hydrogen-bond donors (Lipinski definition) is 0. The van der Waals surface area contributed by atoms with Crippen LogP contribution in [0, 0.1) is 0 Å². The molecule has 0 saturated heterocycles. The Labute approximate surface area is 207 Å². The molecule has 0 amide bonds. The minimum Gasteiger partial charge on any atom is -0.497 e. The lowest BCUT2D eigenvalue weighted by atomic mass is 10.0. The van der Waals surface area contributed by atoms with Crippen LogP contribution in [0.15, 0.2) is 54.7 Å². The Balaban J connectivity index is 1.74. The summed E-state index contributed by atoms with van der Waals surface area (Å²) in [5.41, 5.74) is 4.58. The highest BCUT2D eigenvalue weighted by Gasteiger charge is 2.17. The minimum absolute atomic E-state index is 0.361. The van der Waals surface area contributed by atoms with E-state index in [1.807, 2.05) is 53.3 Å². The molecule has 0 unspecified atom stereocenters. The van der Waals surface area contributed by atoms with Crippen LogP contribution in [0.2, 0.25) is 25.7 Å². The smallest absolute Gasteiger partial charge is 0.161 e. The van der Waals surface area contributed by atoms with Gasteiger partial charge in [-0.25, -0.2) is 9.67 Å². The van der Waals surface area contributed by atoms with Crippen LogP contribution in [0.25, 0.3) is 33.4 Å². The lowest BCUT2D eigenvalue weighted by Crippen LogP contribution is -2.22. The second kappa shape index (κ2) is 10.5. The van der Waals surface area contributed by atoms with Crippen LogP contribution in [0.4, 0.5) is 0 Å². The molecule has 0 bridgehead atoms. The molecule has 8 heteroatoms. The normalized spacial score (nSPS) is 11.6. The molecule has 4 aromatic rings. The van der Waals surface area contributed by atoms with Gasteiger partial charge in [0, 0.05) is 37.4 Å². The van der Waals surface area contributed by atoms with Gasteiger partial charge in [0.15, 0.2) is 17.1 Å². The maximum absolute atomic E-state index is 6.01. The average Bonchev–Trinajstić information content (AvgIpc) is 3.23. The summed E-state index contributed by atoms with van der Waals surface area (Å²) >= 11 is 0. The largest absolute Gasteiger partial charge is 0.497 e. The van der Waals surface area contributed by atoms with Crippen molar-refractivity contribution in [1.29, 1.82) is 0 Å². The van der Waals surface area contributed by atoms with Gasteiger partial charge in [-0.2, -0.15) is 5.10 Å². The van der Waals surface area contributed by atoms with E-state index in [4.69, 9.17) is 29.0 Å². The molecule has 2 heterocycles. The fraction of sp³-hybridized carbons (Fsp3) is 0.333. The zero-order valence-electron chi connectivity index (χ0n) is 21.3. The van der Waals surface area contributed by atoms with Gasteiger partial charge in [-0.05, 0) is 54.1 Å². The van der Waals surface area contributed by atoms with E-state index in [0.717, 1.165) is 51.8 Å². The van der Waals surface area contributed by atoms with Crippen LogP contribution in [-0.4, -0.2) is 50.8 Å². The van der Waals surface area contributed by atoms with Crippen molar-refractivity contribution in [1.82, 2.24) is 14.8 Å². The van der Waals surface area contributed by atoms with E-state index in [1.54, 1.807) is 21.3 Å². The van der Waals surface area contributed by atoms with Crippen molar-refractivity contribution in [2.75, 3.05) is 27.9 Å². The molecule has 7 nitrogen and oxygen atoms in total. The summed E-state index contributed by atoms with van der Waals surface area (Å²) in [7, 11) is 3.76. The van der Waals surface area contributed by atoms with Crippen LogP contribution in [0.5, 0.6) is 17.2 Å². The third-order valence-electron chi connectivity index (χ3n) is 5.88. The molecule has 4 rings (SSSR count). The van der Waals surface area contributed by atoms with Crippen molar-refractivity contribution in [2.24, 2.45) is 0 Å². The van der Waals surface area contributed by atoms with E-state index in [9.17, 15) is 0 Å². The first-order valence-corrected chi connectivity index (χ1v) is 15.3. The molecule has 0 saturated carbocycles. The molecule has 0 atom stereocenters. The Bertz CT molecular complexity index is 1300. The van der Waals surface area contributed by atoms with E-state index in [2.05, 4.69) is 25.7 Å². The van der Waals surface area contributed by atoms with E-state index < -0.39 is 8.07 Å². The van der Waals surface area contributed by atoms with Crippen LogP contribution >= 0.6 is 0 Å². The monoisotopic (exact) mass is 491 g/mol. The topological polar surface area (TPSA) is 67.6 Å². The Morgan fingerprint density at radius 3 is 2.17 bits per heavy atom. The third-order valence-corrected chi connectivity index (χ3v) is 7.58. The van der Waals surface area contributed by atoms with Crippen molar-refractivity contribution in [3.63, 3.8) is 0 Å². The third kappa shape index (κ3) is 5.66. The van der Waals surface area contributed by atoms with Gasteiger partial charge in [-0.1, -0.05) is 25.7 Å². The molecular weight excluding hydrogens is 458 g/mol. The number of ether oxygens (including phenoxy) is 4. The summed E-state index contributed by atoms with van der Waals surface area (Å²) < 4.78 is 24.1. The first-order chi connectivity index (χ1) is 16.8. The number of rotatable bonds is 10. The summed E-state index contributed by atoms with van der Waals surface area (Å²) in [6, 6.07) is 17.0. The summed E-state index contributed by atoms with van der Waals surface area (Å²) in [6.45, 7) is 8.12. The van der Waals surface area contributed by atoms with Gasteiger partial charge in [-0.15, -0.1) is 0 Å². The van der Waals surface area contributed by atoms with Crippen molar-refractivity contribution >= 4 is 19.1 Å². The van der Waals surface area contributed by atoms with Crippen LogP contribution in [-0.2, 0) is 11.5 Å². The van der Waals surface area contributed by atoms with E-state index in [0.29, 0.717) is 18.2 Å². The van der Waals surface area contributed by atoms with Gasteiger partial charge in [0.05, 0.1) is 21.3 Å². The summed E-state index contributed by atoms with van der Waals surface area (Å²) in [4.78, 5) is 4.80. The van der Waals surface area contributed by atoms with E-state index >= 15 is 0 Å². The number of benzene rings is 2. The molecular formula is C27H33N3O4Si. The number of fused-ring (bicyclic) bond motifs is 1. The van der Waals surface area contributed by atoms with Crippen molar-refractivity contribution < 1.29 is 18.9 Å². The first kappa shape index (κ1) is 24.8. The van der Waals surface area contributed by atoms with Crippen LogP contribution < -0.4 is 14.2 Å². The van der Waals surface area contributed by atoms with Gasteiger partial charge in [0.2, 0.25) is 0 Å². The predicted molar refractivity (Wildman–Crippen MR) is 142 cm³/mol. The second-order valence-corrected chi connectivity index (χ2v) is 15.2. The van der Waals surface area contributed by atoms with Crippen molar-refractivity contribution in [2.45, 2.75) is 32.4 Å². The first-order valence-electron chi connectivity index (χ1n) is 11.6. The Morgan fingerprint density at radius 2 is 1.51 bits per heavy atom. The Morgan fingerprint density at radius 1 is 0.800 bits per heavy atom. The van der Waals surface area contributed by atoms with Crippen LogP contribution in [0.1, 0.15) is 0 Å². The number of nitrogens with zero attached hydrogens (tertiary/aromatic N) is 3. The molecule has 0 fully saturated rings. The van der Waals surface area contributed by atoms with Gasteiger partial charge < -0.3 is 18.9 Å². The quantitative estimate of drug-likeness (QED) is 0.197. The minimum atomic E-state index is -1.17. The molecule has 184 valence electrons. The zero-order chi connectivity index (χ0) is 25.0. The average molecular weight is 492 g/mol.